The highest BCUT2D eigenvalue weighted by molar-refractivity contribution is 7.93. The number of carbonyl (C=O) groups excluding carboxylic acids is 1. The van der Waals surface area contributed by atoms with Crippen molar-refractivity contribution >= 4 is 32.4 Å². The Morgan fingerprint density at radius 1 is 1.14 bits per heavy atom. The highest BCUT2D eigenvalue weighted by Gasteiger charge is 2.35. The number of likely N-dealkylation sites (tertiary alicyclic amines) is 1. The predicted octanol–water partition coefficient (Wildman–Crippen LogP) is 1.93. The van der Waals surface area contributed by atoms with Crippen molar-refractivity contribution in [2.24, 2.45) is 5.41 Å². The van der Waals surface area contributed by atoms with Gasteiger partial charge in [0, 0.05) is 43.4 Å². The van der Waals surface area contributed by atoms with Crippen LogP contribution in [-0.2, 0) is 10.0 Å². The van der Waals surface area contributed by atoms with Gasteiger partial charge in [-0.05, 0) is 55.4 Å². The van der Waals surface area contributed by atoms with E-state index < -0.39 is 10.0 Å². The fourth-order valence-corrected chi connectivity index (χ4v) is 5.48. The van der Waals surface area contributed by atoms with Gasteiger partial charge in [-0.25, -0.2) is 13.4 Å². The van der Waals surface area contributed by atoms with E-state index in [0.717, 1.165) is 12.8 Å². The molecule has 3 rings (SSSR count). The smallest absolute Gasteiger partial charge is 0.263 e. The molecule has 1 aromatic carbocycles. The number of hydrogen-bond donors (Lipinski definition) is 3. The lowest BCUT2D eigenvalue weighted by atomic mass is 9.73. The molecular weight excluding hydrogens is 414 g/mol. The molecular formula is C19H25N3O5S2. The number of hydrogen-bond acceptors (Lipinski definition) is 7. The summed E-state index contributed by atoms with van der Waals surface area (Å²) in [6.07, 6.45) is 4.20. The van der Waals surface area contributed by atoms with Crippen LogP contribution >= 0.6 is 11.3 Å². The minimum Gasteiger partial charge on any atom is -0.396 e. The van der Waals surface area contributed by atoms with E-state index in [1.54, 1.807) is 10.3 Å². The van der Waals surface area contributed by atoms with Gasteiger partial charge in [-0.1, -0.05) is 0 Å². The number of anilines is 1. The van der Waals surface area contributed by atoms with Gasteiger partial charge in [0.25, 0.3) is 15.9 Å². The topological polar surface area (TPSA) is 120 Å². The van der Waals surface area contributed by atoms with Gasteiger partial charge in [0.1, 0.15) is 0 Å². The molecule has 0 atom stereocenters. The first kappa shape index (κ1) is 21.7. The SMILES string of the molecule is O=C(c1ccc(S(=O)(=O)Nc2nccs2)cc1)N1CCC(CCO)(CCO)CC1. The van der Waals surface area contributed by atoms with Crippen LogP contribution in [0.5, 0.6) is 0 Å². The van der Waals surface area contributed by atoms with Gasteiger partial charge in [0.2, 0.25) is 0 Å². The summed E-state index contributed by atoms with van der Waals surface area (Å²) >= 11 is 1.18. The van der Waals surface area contributed by atoms with E-state index in [9.17, 15) is 23.4 Å². The van der Waals surface area contributed by atoms with E-state index in [2.05, 4.69) is 9.71 Å². The van der Waals surface area contributed by atoms with Crippen LogP contribution in [0.3, 0.4) is 0 Å². The van der Waals surface area contributed by atoms with Gasteiger partial charge >= 0.3 is 0 Å². The summed E-state index contributed by atoms with van der Waals surface area (Å²) in [6.45, 7) is 1.23. The van der Waals surface area contributed by atoms with Gasteiger partial charge in [-0.3, -0.25) is 9.52 Å². The number of rotatable bonds is 8. The van der Waals surface area contributed by atoms with E-state index in [1.165, 1.54) is 41.8 Å². The van der Waals surface area contributed by atoms with Gasteiger partial charge in [0.15, 0.2) is 5.13 Å². The predicted molar refractivity (Wildman–Crippen MR) is 110 cm³/mol. The number of benzene rings is 1. The Labute approximate surface area is 174 Å². The Morgan fingerprint density at radius 2 is 1.76 bits per heavy atom. The van der Waals surface area contributed by atoms with Crippen LogP contribution in [-0.4, -0.2) is 60.7 Å². The molecule has 8 nitrogen and oxygen atoms in total. The van der Waals surface area contributed by atoms with Crippen LogP contribution < -0.4 is 4.72 Å². The summed E-state index contributed by atoms with van der Waals surface area (Å²) in [5.41, 5.74) is 0.301. The second-order valence-electron chi connectivity index (χ2n) is 7.21. The van der Waals surface area contributed by atoms with Crippen LogP contribution in [0.15, 0.2) is 40.7 Å². The normalized spacial score (nSPS) is 16.6. The Balaban J connectivity index is 1.65. The number of thiazole rings is 1. The first-order valence-corrected chi connectivity index (χ1v) is 11.8. The molecule has 1 aromatic heterocycles. The lowest BCUT2D eigenvalue weighted by Crippen LogP contribution is -2.44. The number of sulfonamides is 1. The van der Waals surface area contributed by atoms with E-state index in [4.69, 9.17) is 0 Å². The molecule has 29 heavy (non-hydrogen) atoms. The maximum Gasteiger partial charge on any atom is 0.263 e. The number of piperidine rings is 1. The highest BCUT2D eigenvalue weighted by atomic mass is 32.2. The lowest BCUT2D eigenvalue weighted by molar-refractivity contribution is 0.0412. The molecule has 1 amide bonds. The standard InChI is InChI=1S/C19H25N3O5S2/c23-12-7-19(8-13-24)5-10-22(11-6-19)17(25)15-1-3-16(4-2-15)29(26,27)21-18-20-9-14-28-18/h1-4,9,14,23-24H,5-8,10-13H2,(H,20,21). The van der Waals surface area contributed by atoms with Crippen molar-refractivity contribution in [1.29, 1.82) is 0 Å². The van der Waals surface area contributed by atoms with E-state index in [-0.39, 0.29) is 34.6 Å². The highest BCUT2D eigenvalue weighted by Crippen LogP contribution is 2.38. The third kappa shape index (κ3) is 5.13. The van der Waals surface area contributed by atoms with Gasteiger partial charge in [-0.15, -0.1) is 11.3 Å². The number of aromatic nitrogens is 1. The Bertz CT molecular complexity index is 898. The van der Waals surface area contributed by atoms with Crippen LogP contribution in [0.25, 0.3) is 0 Å². The van der Waals surface area contributed by atoms with Gasteiger partial charge in [-0.2, -0.15) is 0 Å². The molecule has 1 saturated heterocycles. The summed E-state index contributed by atoms with van der Waals surface area (Å²) in [6, 6.07) is 5.86. The first-order valence-electron chi connectivity index (χ1n) is 9.42. The second kappa shape index (κ2) is 9.21. The molecule has 1 aliphatic heterocycles. The number of nitrogens with zero attached hydrogens (tertiary/aromatic N) is 2. The molecule has 1 fully saturated rings. The van der Waals surface area contributed by atoms with Crippen molar-refractivity contribution in [2.75, 3.05) is 31.0 Å². The quantitative estimate of drug-likeness (QED) is 0.578. The fraction of sp³-hybridized carbons (Fsp3) is 0.474. The summed E-state index contributed by atoms with van der Waals surface area (Å²) in [5, 5.41) is 20.6. The summed E-state index contributed by atoms with van der Waals surface area (Å²) in [5.74, 6) is -0.150. The third-order valence-electron chi connectivity index (χ3n) is 5.46. The van der Waals surface area contributed by atoms with Crippen molar-refractivity contribution in [3.05, 3.63) is 41.4 Å². The molecule has 0 unspecified atom stereocenters. The van der Waals surface area contributed by atoms with Crippen LogP contribution in [0.1, 0.15) is 36.0 Å². The second-order valence-corrected chi connectivity index (χ2v) is 9.78. The van der Waals surface area contributed by atoms with Crippen LogP contribution in [0, 0.1) is 5.41 Å². The molecule has 0 radical (unpaired) electrons. The van der Waals surface area contributed by atoms with E-state index in [0.29, 0.717) is 31.5 Å². The Morgan fingerprint density at radius 3 is 2.28 bits per heavy atom. The molecule has 3 N–H and O–H groups in total. The van der Waals surface area contributed by atoms with Crippen LogP contribution in [0.4, 0.5) is 5.13 Å². The molecule has 2 heterocycles. The summed E-state index contributed by atoms with van der Waals surface area (Å²) in [4.78, 5) is 18.5. The molecule has 0 saturated carbocycles. The lowest BCUT2D eigenvalue weighted by Gasteiger charge is -2.41. The van der Waals surface area contributed by atoms with Crippen LogP contribution in [0.2, 0.25) is 0 Å². The average Bonchev–Trinajstić information content (AvgIpc) is 3.21. The largest absolute Gasteiger partial charge is 0.396 e. The zero-order valence-electron chi connectivity index (χ0n) is 16.0. The molecule has 1 aliphatic rings. The molecule has 2 aromatic rings. The number of aliphatic hydroxyl groups excluding tert-OH is 2. The van der Waals surface area contributed by atoms with Gasteiger partial charge < -0.3 is 15.1 Å². The number of carbonyl (C=O) groups is 1. The van der Waals surface area contributed by atoms with Crippen molar-refractivity contribution in [3.8, 4) is 0 Å². The minimum absolute atomic E-state index is 0.0628. The zero-order valence-corrected chi connectivity index (χ0v) is 17.6. The summed E-state index contributed by atoms with van der Waals surface area (Å²) < 4.78 is 27.2. The number of nitrogens with one attached hydrogen (secondary N) is 1. The first-order chi connectivity index (χ1) is 13.9. The average molecular weight is 440 g/mol. The van der Waals surface area contributed by atoms with Crippen molar-refractivity contribution in [2.45, 2.75) is 30.6 Å². The maximum absolute atomic E-state index is 12.8. The Hall–Kier alpha value is -2.01. The maximum atomic E-state index is 12.8. The monoisotopic (exact) mass is 439 g/mol. The molecule has 0 spiro atoms. The van der Waals surface area contributed by atoms with E-state index >= 15 is 0 Å². The third-order valence-corrected chi connectivity index (χ3v) is 7.63. The number of aliphatic hydroxyl groups is 2. The van der Waals surface area contributed by atoms with Crippen molar-refractivity contribution < 1.29 is 23.4 Å². The minimum atomic E-state index is -3.75. The Kier molecular flexibility index (Phi) is 6.89. The molecule has 10 heteroatoms. The molecule has 0 bridgehead atoms. The van der Waals surface area contributed by atoms with E-state index in [1.807, 2.05) is 0 Å². The van der Waals surface area contributed by atoms with Crippen molar-refractivity contribution in [1.82, 2.24) is 9.88 Å². The number of amides is 1. The van der Waals surface area contributed by atoms with Gasteiger partial charge in [0.05, 0.1) is 4.90 Å². The summed E-state index contributed by atoms with van der Waals surface area (Å²) in [7, 11) is -3.75. The van der Waals surface area contributed by atoms with Crippen molar-refractivity contribution in [3.63, 3.8) is 0 Å². The molecule has 0 aliphatic carbocycles. The fourth-order valence-electron chi connectivity index (χ4n) is 3.69. The molecule has 158 valence electrons. The zero-order chi connectivity index (χ0) is 20.9.